The Kier molecular flexibility index (Phi) is 6.95. The van der Waals surface area contributed by atoms with Crippen LogP contribution in [0.15, 0.2) is 24.3 Å². The van der Waals surface area contributed by atoms with Crippen molar-refractivity contribution in [2.75, 3.05) is 0 Å². The van der Waals surface area contributed by atoms with Gasteiger partial charge in [-0.3, -0.25) is 14.4 Å². The summed E-state index contributed by atoms with van der Waals surface area (Å²) in [7, 11) is 0. The van der Waals surface area contributed by atoms with Gasteiger partial charge in [-0.15, -0.1) is 0 Å². The minimum Gasteiger partial charge on any atom is -0.370 e. The number of nitrogens with two attached hydrogens (primary N) is 3. The van der Waals surface area contributed by atoms with Crippen LogP contribution >= 0.6 is 0 Å². The van der Waals surface area contributed by atoms with Crippen molar-refractivity contribution in [2.24, 2.45) is 33.9 Å². The highest BCUT2D eigenvalue weighted by atomic mass is 16.2. The van der Waals surface area contributed by atoms with Gasteiger partial charge in [0.15, 0.2) is 0 Å². The molecule has 0 saturated carbocycles. The quantitative estimate of drug-likeness (QED) is 0.620. The first-order valence-corrected chi connectivity index (χ1v) is 8.83. The molecule has 0 aliphatic heterocycles. The molecule has 0 fully saturated rings. The van der Waals surface area contributed by atoms with Crippen molar-refractivity contribution >= 4 is 17.7 Å². The van der Waals surface area contributed by atoms with Crippen LogP contribution in [0.25, 0.3) is 0 Å². The fraction of sp³-hybridized carbons (Fsp3) is 0.550. The summed E-state index contributed by atoms with van der Waals surface area (Å²) in [5, 5.41) is 0. The van der Waals surface area contributed by atoms with Crippen LogP contribution in [0.2, 0.25) is 0 Å². The monoisotopic (exact) mass is 361 g/mol. The highest BCUT2D eigenvalue weighted by molar-refractivity contribution is 5.93. The fourth-order valence-corrected chi connectivity index (χ4v) is 3.89. The van der Waals surface area contributed by atoms with Crippen LogP contribution < -0.4 is 17.2 Å². The van der Waals surface area contributed by atoms with Gasteiger partial charge in [0.25, 0.3) is 0 Å². The summed E-state index contributed by atoms with van der Waals surface area (Å²) < 4.78 is 0. The van der Waals surface area contributed by atoms with Crippen LogP contribution in [-0.2, 0) is 20.8 Å². The molecule has 0 saturated heterocycles. The third-order valence-corrected chi connectivity index (χ3v) is 4.89. The lowest BCUT2D eigenvalue weighted by Crippen LogP contribution is -2.54. The topological polar surface area (TPSA) is 129 Å². The van der Waals surface area contributed by atoms with Gasteiger partial charge < -0.3 is 17.2 Å². The van der Waals surface area contributed by atoms with Gasteiger partial charge in [0, 0.05) is 6.42 Å². The fourth-order valence-electron chi connectivity index (χ4n) is 3.89. The number of amides is 3. The second kappa shape index (κ2) is 8.34. The maximum absolute atomic E-state index is 12.4. The molecule has 1 aromatic rings. The molecule has 2 atom stereocenters. The molecule has 0 aliphatic carbocycles. The molecule has 6 nitrogen and oxygen atoms in total. The van der Waals surface area contributed by atoms with E-state index in [0.717, 1.165) is 11.1 Å². The van der Waals surface area contributed by atoms with E-state index in [1.54, 1.807) is 20.8 Å². The van der Waals surface area contributed by atoms with E-state index >= 15 is 0 Å². The maximum atomic E-state index is 12.4. The van der Waals surface area contributed by atoms with E-state index in [1.165, 1.54) is 0 Å². The van der Waals surface area contributed by atoms with Crippen LogP contribution in [0.5, 0.6) is 0 Å². The number of carbonyl (C=O) groups excluding carboxylic acids is 3. The van der Waals surface area contributed by atoms with E-state index in [-0.39, 0.29) is 12.8 Å². The normalized spacial score (nSPS) is 15.1. The van der Waals surface area contributed by atoms with Crippen molar-refractivity contribution in [3.05, 3.63) is 35.4 Å². The Hall–Kier alpha value is -2.37. The van der Waals surface area contributed by atoms with Crippen LogP contribution in [0.4, 0.5) is 0 Å². The molecule has 1 aromatic carbocycles. The van der Waals surface area contributed by atoms with E-state index in [9.17, 15) is 14.4 Å². The Balaban J connectivity index is 3.17. The standard InChI is InChI=1S/C20H31N3O3/c1-13-7-9-14(10-8-13)6-5-11-20(18(23)26,12-15(21)24)16(17(22)25)19(2,3)4/h7-10,16H,5-6,11-12H2,1-4H3,(H2,21,24)(H2,22,25)(H2,23,26)/t16-,20+/m0/s1. The smallest absolute Gasteiger partial charge is 0.224 e. The maximum Gasteiger partial charge on any atom is 0.224 e. The molecule has 3 amide bonds. The zero-order chi connectivity index (χ0) is 20.1. The van der Waals surface area contributed by atoms with E-state index in [0.29, 0.717) is 12.8 Å². The predicted octanol–water partition coefficient (Wildman–Crippen LogP) is 1.81. The first-order valence-electron chi connectivity index (χ1n) is 8.83. The predicted molar refractivity (Wildman–Crippen MR) is 102 cm³/mol. The Morgan fingerprint density at radius 3 is 1.92 bits per heavy atom. The van der Waals surface area contributed by atoms with Gasteiger partial charge in [0.05, 0.1) is 11.3 Å². The molecule has 0 bridgehead atoms. The number of carbonyl (C=O) groups is 3. The summed E-state index contributed by atoms with van der Waals surface area (Å²) in [5.74, 6) is -2.92. The van der Waals surface area contributed by atoms with Crippen molar-refractivity contribution in [2.45, 2.75) is 53.4 Å². The summed E-state index contributed by atoms with van der Waals surface area (Å²) in [6.45, 7) is 7.43. The molecule has 144 valence electrons. The molecule has 26 heavy (non-hydrogen) atoms. The van der Waals surface area contributed by atoms with Gasteiger partial charge in [-0.2, -0.15) is 0 Å². The molecule has 1 rings (SSSR count). The van der Waals surface area contributed by atoms with Crippen LogP contribution in [0, 0.1) is 23.7 Å². The van der Waals surface area contributed by atoms with Crippen molar-refractivity contribution in [1.29, 1.82) is 0 Å². The van der Waals surface area contributed by atoms with E-state index in [1.807, 2.05) is 31.2 Å². The van der Waals surface area contributed by atoms with E-state index in [4.69, 9.17) is 17.2 Å². The van der Waals surface area contributed by atoms with Gasteiger partial charge in [0.1, 0.15) is 0 Å². The minimum atomic E-state index is -1.39. The molecular weight excluding hydrogens is 330 g/mol. The number of benzene rings is 1. The van der Waals surface area contributed by atoms with Gasteiger partial charge in [-0.05, 0) is 37.2 Å². The van der Waals surface area contributed by atoms with Gasteiger partial charge >= 0.3 is 0 Å². The summed E-state index contributed by atoms with van der Waals surface area (Å²) >= 11 is 0. The van der Waals surface area contributed by atoms with Crippen molar-refractivity contribution in [3.63, 3.8) is 0 Å². The lowest BCUT2D eigenvalue weighted by molar-refractivity contribution is -0.148. The summed E-state index contributed by atoms with van der Waals surface area (Å²) in [5.41, 5.74) is 17.0. The molecule has 0 aliphatic rings. The lowest BCUT2D eigenvalue weighted by atomic mass is 9.59. The Morgan fingerprint density at radius 1 is 1.00 bits per heavy atom. The van der Waals surface area contributed by atoms with Gasteiger partial charge in [0.2, 0.25) is 17.7 Å². The number of primary amides is 3. The SMILES string of the molecule is Cc1ccc(CCC[C@](CC(N)=O)(C(N)=O)[C@@H](C(N)=O)C(C)(C)C)cc1. The second-order valence-electron chi connectivity index (χ2n) is 8.20. The summed E-state index contributed by atoms with van der Waals surface area (Å²) in [6.07, 6.45) is 1.26. The molecule has 0 spiro atoms. The number of hydrogen-bond acceptors (Lipinski definition) is 3. The molecule has 0 aromatic heterocycles. The number of aryl methyl sites for hydroxylation is 2. The molecule has 6 N–H and O–H groups in total. The largest absolute Gasteiger partial charge is 0.370 e. The first kappa shape index (κ1) is 21.7. The van der Waals surface area contributed by atoms with Gasteiger partial charge in [-0.25, -0.2) is 0 Å². The summed E-state index contributed by atoms with van der Waals surface area (Å²) in [6, 6.07) is 8.07. The van der Waals surface area contributed by atoms with Crippen LogP contribution in [-0.4, -0.2) is 17.7 Å². The Labute approximate surface area is 155 Å². The first-order chi connectivity index (χ1) is 11.9. The molecule has 0 heterocycles. The second-order valence-corrected chi connectivity index (χ2v) is 8.20. The van der Waals surface area contributed by atoms with Crippen LogP contribution in [0.1, 0.15) is 51.2 Å². The third kappa shape index (κ3) is 5.31. The Bertz CT molecular complexity index is 662. The minimum absolute atomic E-state index is 0.268. The molecular formula is C20H31N3O3. The zero-order valence-electron chi connectivity index (χ0n) is 16.2. The average Bonchev–Trinajstić information content (AvgIpc) is 2.46. The number of rotatable bonds is 9. The van der Waals surface area contributed by atoms with Crippen molar-refractivity contribution in [3.8, 4) is 0 Å². The van der Waals surface area contributed by atoms with Crippen molar-refractivity contribution < 1.29 is 14.4 Å². The molecule has 0 radical (unpaired) electrons. The van der Waals surface area contributed by atoms with E-state index < -0.39 is 34.5 Å². The zero-order valence-corrected chi connectivity index (χ0v) is 16.2. The van der Waals surface area contributed by atoms with Crippen LogP contribution in [0.3, 0.4) is 0 Å². The molecule has 6 heteroatoms. The highest BCUT2D eigenvalue weighted by Crippen LogP contribution is 2.46. The average molecular weight is 361 g/mol. The third-order valence-electron chi connectivity index (χ3n) is 4.89. The van der Waals surface area contributed by atoms with Crippen molar-refractivity contribution in [1.82, 2.24) is 0 Å². The lowest BCUT2D eigenvalue weighted by Gasteiger charge is -2.42. The van der Waals surface area contributed by atoms with E-state index in [2.05, 4.69) is 0 Å². The summed E-state index contributed by atoms with van der Waals surface area (Å²) in [4.78, 5) is 36.4. The molecule has 0 unspecified atom stereocenters. The highest BCUT2D eigenvalue weighted by Gasteiger charge is 2.52. The number of hydrogen-bond donors (Lipinski definition) is 3. The van der Waals surface area contributed by atoms with Gasteiger partial charge in [-0.1, -0.05) is 50.6 Å². The Morgan fingerprint density at radius 2 is 1.54 bits per heavy atom.